The molecule has 0 spiro atoms. The van der Waals surface area contributed by atoms with Crippen LogP contribution in [0.25, 0.3) is 0 Å². The van der Waals surface area contributed by atoms with Crippen molar-refractivity contribution in [1.82, 2.24) is 0 Å². The van der Waals surface area contributed by atoms with E-state index in [9.17, 15) is 65.4 Å². The molecule has 0 aliphatic carbocycles. The molecule has 74 heavy (non-hydrogen) atoms. The Morgan fingerprint density at radius 3 is 1.91 bits per heavy atom. The van der Waals surface area contributed by atoms with Crippen LogP contribution < -0.4 is 5.73 Å². The summed E-state index contributed by atoms with van der Waals surface area (Å²) in [5.41, 5.74) is 6.10. The quantitative estimate of drug-likeness (QED) is 0.0988. The van der Waals surface area contributed by atoms with Crippen LogP contribution >= 0.6 is 0 Å². The summed E-state index contributed by atoms with van der Waals surface area (Å²) < 4.78 is 38.9. The summed E-state index contributed by atoms with van der Waals surface area (Å²) in [4.78, 5) is 38.7. The fourth-order valence-corrected chi connectivity index (χ4v) is 8.58. The second-order valence-electron chi connectivity index (χ2n) is 19.5. The van der Waals surface area contributed by atoms with E-state index >= 15 is 0 Å². The average molecular weight is 1050 g/mol. The first kappa shape index (κ1) is 64.1. The predicted molar refractivity (Wildman–Crippen MR) is 268 cm³/mol. The van der Waals surface area contributed by atoms with Crippen molar-refractivity contribution in [3.05, 3.63) is 85.1 Å². The van der Waals surface area contributed by atoms with E-state index in [1.807, 2.05) is 13.0 Å². The first-order valence-corrected chi connectivity index (χ1v) is 25.5. The summed E-state index contributed by atoms with van der Waals surface area (Å²) in [6.07, 6.45) is 0.425. The third-order valence-electron chi connectivity index (χ3n) is 13.0. The number of cyclic esters (lactones) is 1. The number of ether oxygens (including phenoxy) is 7. The molecule has 12 N–H and O–H groups in total. The highest BCUT2D eigenvalue weighted by Crippen LogP contribution is 2.39. The molecule has 21 heteroatoms. The molecular weight excluding hydrogens is 971 g/mol. The normalized spacial score (nSPS) is 41.7. The van der Waals surface area contributed by atoms with E-state index in [0.717, 1.165) is 0 Å². The van der Waals surface area contributed by atoms with Gasteiger partial charge in [-0.15, -0.1) is 0 Å². The fraction of sp³-hybridized carbons (Fsp3) is 0.679. The van der Waals surface area contributed by atoms with Gasteiger partial charge in [-0.2, -0.15) is 0 Å². The van der Waals surface area contributed by atoms with Crippen LogP contribution in [0.15, 0.2) is 85.1 Å². The van der Waals surface area contributed by atoms with Crippen molar-refractivity contribution in [1.29, 1.82) is 0 Å². The van der Waals surface area contributed by atoms with Crippen LogP contribution in [0.1, 0.15) is 99.3 Å². The number of hydrogen-bond acceptors (Lipinski definition) is 21. The van der Waals surface area contributed by atoms with Gasteiger partial charge in [0.2, 0.25) is 6.29 Å². The van der Waals surface area contributed by atoms with Gasteiger partial charge in [0, 0.05) is 44.4 Å². The Labute approximate surface area is 433 Å². The van der Waals surface area contributed by atoms with Gasteiger partial charge in [0.05, 0.1) is 86.2 Å². The number of esters is 2. The van der Waals surface area contributed by atoms with Crippen molar-refractivity contribution >= 4 is 18.1 Å². The second-order valence-corrected chi connectivity index (χ2v) is 19.5. The molecule has 3 rings (SSSR count). The summed E-state index contributed by atoms with van der Waals surface area (Å²) in [6, 6.07) is -1.19. The summed E-state index contributed by atoms with van der Waals surface area (Å²) in [6.45, 7) is 9.76. The van der Waals surface area contributed by atoms with Gasteiger partial charge in [-0.3, -0.25) is 9.59 Å². The Kier molecular flexibility index (Phi) is 28.1. The molecule has 3 heterocycles. The number of nitrogens with two attached hydrogens (primary N) is 1. The Hall–Kier alpha value is -4.17. The summed E-state index contributed by atoms with van der Waals surface area (Å²) in [5, 5.41) is 110. The molecule has 20 atom stereocenters. The molecule has 0 saturated carbocycles. The van der Waals surface area contributed by atoms with Gasteiger partial charge < -0.3 is 90.0 Å². The molecule has 420 valence electrons. The van der Waals surface area contributed by atoms with Crippen LogP contribution in [0, 0.1) is 17.8 Å². The molecule has 21 nitrogen and oxygen atoms in total. The average Bonchev–Trinajstić information content (AvgIpc) is 3.31. The Balaban J connectivity index is 1.96. The first-order chi connectivity index (χ1) is 34.9. The third-order valence-corrected chi connectivity index (χ3v) is 13.0. The summed E-state index contributed by atoms with van der Waals surface area (Å²) >= 11 is 0. The molecule has 3 aliphatic heterocycles. The summed E-state index contributed by atoms with van der Waals surface area (Å²) in [7, 11) is 0. The van der Waals surface area contributed by atoms with Gasteiger partial charge >= 0.3 is 18.1 Å². The van der Waals surface area contributed by atoms with Crippen molar-refractivity contribution in [2.75, 3.05) is 6.61 Å². The Morgan fingerprint density at radius 1 is 0.703 bits per heavy atom. The van der Waals surface area contributed by atoms with E-state index in [1.165, 1.54) is 19.9 Å². The number of aliphatic hydroxyl groups excluding tert-OH is 9. The van der Waals surface area contributed by atoms with Crippen molar-refractivity contribution in [2.24, 2.45) is 23.5 Å². The van der Waals surface area contributed by atoms with E-state index in [0.29, 0.717) is 6.42 Å². The molecular formula is C53H83NO20. The molecule has 10 unspecified atom stereocenters. The number of aliphatic hydroxyl groups is 10. The number of hydrogen-bond donors (Lipinski definition) is 11. The maximum atomic E-state index is 13.9. The zero-order valence-electron chi connectivity index (χ0n) is 43.3. The van der Waals surface area contributed by atoms with Crippen molar-refractivity contribution in [2.45, 2.75) is 203 Å². The summed E-state index contributed by atoms with van der Waals surface area (Å²) in [5.74, 6) is -6.63. The molecule has 0 aromatic carbocycles. The lowest BCUT2D eigenvalue weighted by atomic mass is 9.82. The van der Waals surface area contributed by atoms with Crippen molar-refractivity contribution in [3.63, 3.8) is 0 Å². The van der Waals surface area contributed by atoms with E-state index < -0.39 is 159 Å². The molecule has 3 aliphatic rings. The molecule has 2 bridgehead atoms. The van der Waals surface area contributed by atoms with Crippen LogP contribution in [-0.2, 0) is 42.7 Å². The number of rotatable bonds is 7. The van der Waals surface area contributed by atoms with Gasteiger partial charge in [-0.1, -0.05) is 106 Å². The molecule has 2 fully saturated rings. The minimum atomic E-state index is -2.40. The number of fused-ring (bicyclic) bond motifs is 2. The van der Waals surface area contributed by atoms with Crippen LogP contribution in [0.2, 0.25) is 0 Å². The standard InChI is InChI=1S/C53H83NO20/c1-7-24-68-52(66)72-35(6)71-50(65)45-42(60)30-53(67)29-38(57)26-41(59)40(58)23-22-36(55)25-37(56)27-44(61)69-33(4)32(3)47(62)31(2)20-18-16-14-12-10-8-9-11-13-15-17-19-21-39(28-43(45)74-53)73-51-49(64)46(54)48(63)34(5)70-51/h8-21,31-43,45-49,51,55-60,62-64,67H,7,22-30,54H2,1-6H3/b9-8+,12-10+,13-11+,16-14+,17-15+,20-18+,21-19+/t31?,32?,33?,34?,35?,36-,37-,38+,39+,40-,41-,42?,43+,45-,46?,47-,48?,49?,51?,53-/m1/s1. The molecule has 0 amide bonds. The molecule has 2 saturated heterocycles. The van der Waals surface area contributed by atoms with E-state index in [2.05, 4.69) is 0 Å². The van der Waals surface area contributed by atoms with E-state index in [4.69, 9.17) is 38.9 Å². The number of allylic oxidation sites excluding steroid dienone is 12. The van der Waals surface area contributed by atoms with Gasteiger partial charge in [-0.25, -0.2) is 4.79 Å². The smallest absolute Gasteiger partial charge is 0.462 e. The van der Waals surface area contributed by atoms with Gasteiger partial charge in [-0.05, 0) is 39.5 Å². The Bertz CT molecular complexity index is 1910. The van der Waals surface area contributed by atoms with E-state index in [1.54, 1.807) is 93.7 Å². The number of carbonyl (C=O) groups is 3. The van der Waals surface area contributed by atoms with Gasteiger partial charge in [0.25, 0.3) is 0 Å². The minimum absolute atomic E-state index is 0.0341. The Morgan fingerprint density at radius 2 is 1.30 bits per heavy atom. The first-order valence-electron chi connectivity index (χ1n) is 25.5. The highest BCUT2D eigenvalue weighted by Gasteiger charge is 2.52. The lowest BCUT2D eigenvalue weighted by Crippen LogP contribution is -2.61. The molecule has 0 aromatic heterocycles. The lowest BCUT2D eigenvalue weighted by molar-refractivity contribution is -0.310. The lowest BCUT2D eigenvalue weighted by Gasteiger charge is -2.45. The highest BCUT2D eigenvalue weighted by molar-refractivity contribution is 5.74. The highest BCUT2D eigenvalue weighted by atomic mass is 16.8. The van der Waals surface area contributed by atoms with Crippen LogP contribution in [0.3, 0.4) is 0 Å². The zero-order chi connectivity index (χ0) is 55.1. The van der Waals surface area contributed by atoms with Crippen LogP contribution in [0.4, 0.5) is 4.79 Å². The van der Waals surface area contributed by atoms with Crippen molar-refractivity contribution < 1.29 is 98.6 Å². The van der Waals surface area contributed by atoms with Gasteiger partial charge in [0.15, 0.2) is 12.1 Å². The maximum absolute atomic E-state index is 13.9. The van der Waals surface area contributed by atoms with Crippen molar-refractivity contribution in [3.8, 4) is 0 Å². The third kappa shape index (κ3) is 22.2. The topological polar surface area (TPSA) is 344 Å². The largest absolute Gasteiger partial charge is 0.511 e. The maximum Gasteiger partial charge on any atom is 0.511 e. The van der Waals surface area contributed by atoms with E-state index in [-0.39, 0.29) is 38.2 Å². The second kappa shape index (κ2) is 32.4. The SMILES string of the molecule is CCCOC(=O)OC(C)OC(=O)[C@@H]1C(O)C[C@@]2(O)C[C@@H](O)C[C@@H](O)[C@H](O)CC[C@@H](O)C[C@@H](O)CC(=O)OC(C)C(C)[C@H](O)C(C)/C=C/C=C/C=C/C=C/C=C/C=C/C=C/[C@H](OC3OC(C)C(O)C(N)C3O)C[C@@H]1O2. The zero-order valence-corrected chi connectivity index (χ0v) is 43.3. The minimum Gasteiger partial charge on any atom is -0.462 e. The monoisotopic (exact) mass is 1050 g/mol. The van der Waals surface area contributed by atoms with Gasteiger partial charge in [0.1, 0.15) is 18.1 Å². The molecule has 0 radical (unpaired) electrons. The fourth-order valence-electron chi connectivity index (χ4n) is 8.58. The van der Waals surface area contributed by atoms with Crippen LogP contribution in [-0.4, -0.2) is 180 Å². The predicted octanol–water partition coefficient (Wildman–Crippen LogP) is 2.08. The molecule has 0 aromatic rings. The van der Waals surface area contributed by atoms with Crippen LogP contribution in [0.5, 0.6) is 0 Å². The number of carbonyl (C=O) groups excluding carboxylic acids is 3.